The Balaban J connectivity index is 0. The molecule has 0 saturated carbocycles. The molecule has 0 aliphatic heterocycles. The van der Waals surface area contributed by atoms with Crippen molar-refractivity contribution in [2.75, 3.05) is 0 Å². The number of benzene rings is 1. The topological polar surface area (TPSA) is 80.4 Å². The third-order valence-electron chi connectivity index (χ3n) is 1.35. The van der Waals surface area contributed by atoms with Gasteiger partial charge in [0.2, 0.25) is 0 Å². The zero-order chi connectivity index (χ0) is 13.1. The van der Waals surface area contributed by atoms with Gasteiger partial charge in [0.1, 0.15) is 5.75 Å². The predicted molar refractivity (Wildman–Crippen MR) is 62.7 cm³/mol. The van der Waals surface area contributed by atoms with Crippen LogP contribution in [0.25, 0.3) is 0 Å². The van der Waals surface area contributed by atoms with Crippen LogP contribution in [0.5, 0.6) is 5.75 Å². The van der Waals surface area contributed by atoms with E-state index in [9.17, 15) is 14.9 Å². The fraction of sp³-hybridized carbons (Fsp3) is 0. The number of rotatable bonds is 2. The maximum absolute atomic E-state index is 10.2. The summed E-state index contributed by atoms with van der Waals surface area (Å²) >= 11 is 0. The Bertz CT molecular complexity index is 361. The van der Waals surface area contributed by atoms with Crippen molar-refractivity contribution in [1.82, 2.24) is 0 Å². The molecule has 1 aromatic rings. The number of phenolic OH excluding ortho intramolecular Hbond substituents is 1. The average molecular weight is 223 g/mol. The molecular formula is C11H13NO4. The molecule has 0 amide bonds. The van der Waals surface area contributed by atoms with Gasteiger partial charge in [0, 0.05) is 12.1 Å². The molecule has 0 aliphatic rings. The van der Waals surface area contributed by atoms with Crippen molar-refractivity contribution >= 4 is 12.0 Å². The molecule has 1 N–H and O–H groups in total. The highest BCUT2D eigenvalue weighted by molar-refractivity contribution is 5.80. The Morgan fingerprint density at radius 2 is 1.75 bits per heavy atom. The highest BCUT2D eigenvalue weighted by Gasteiger charge is 2.08. The van der Waals surface area contributed by atoms with Crippen LogP contribution in [0.2, 0.25) is 0 Å². The number of nitro groups is 1. The second-order valence-electron chi connectivity index (χ2n) is 2.12. The lowest BCUT2D eigenvalue weighted by atomic mass is 10.2. The number of hydrogen-bond donors (Lipinski definition) is 1. The number of hydrogen-bond acceptors (Lipinski definition) is 4. The number of carbonyl (C=O) groups is 1. The normalized spacial score (nSPS) is 7.50. The highest BCUT2D eigenvalue weighted by atomic mass is 16.6. The minimum Gasteiger partial charge on any atom is -0.507 e. The first-order chi connectivity index (χ1) is 7.65. The smallest absolute Gasteiger partial charge is 0.270 e. The summed E-state index contributed by atoms with van der Waals surface area (Å²) in [6, 6.07) is 3.26. The number of aromatic hydroxyl groups is 1. The number of nitrogens with zero attached hydrogens (tertiary/aromatic N) is 1. The number of non-ortho nitro benzene ring substituents is 1. The van der Waals surface area contributed by atoms with Crippen molar-refractivity contribution < 1.29 is 14.8 Å². The van der Waals surface area contributed by atoms with Crippen LogP contribution in [-0.4, -0.2) is 16.3 Å². The Morgan fingerprint density at radius 3 is 2.12 bits per heavy atom. The molecule has 5 nitrogen and oxygen atoms in total. The molecule has 0 radical (unpaired) electrons. The molecule has 16 heavy (non-hydrogen) atoms. The minimum absolute atomic E-state index is 0.0794. The summed E-state index contributed by atoms with van der Waals surface area (Å²) < 4.78 is 0. The summed E-state index contributed by atoms with van der Waals surface area (Å²) in [6.07, 6.45) is 0.363. The minimum atomic E-state index is -0.633. The first-order valence-corrected chi connectivity index (χ1v) is 4.07. The largest absolute Gasteiger partial charge is 0.507 e. The molecular weight excluding hydrogens is 210 g/mol. The van der Waals surface area contributed by atoms with Crippen molar-refractivity contribution in [3.8, 4) is 5.75 Å². The Morgan fingerprint density at radius 1 is 1.25 bits per heavy atom. The van der Waals surface area contributed by atoms with Gasteiger partial charge in [0.25, 0.3) is 5.69 Å². The van der Waals surface area contributed by atoms with Crippen LogP contribution in [0.3, 0.4) is 0 Å². The fourth-order valence-electron chi connectivity index (χ4n) is 0.750. The van der Waals surface area contributed by atoms with E-state index in [1.807, 2.05) is 0 Å². The van der Waals surface area contributed by atoms with Crippen LogP contribution in [-0.2, 0) is 0 Å². The summed E-state index contributed by atoms with van der Waals surface area (Å²) in [5, 5.41) is 19.2. The number of aldehydes is 1. The monoisotopic (exact) mass is 223 g/mol. The van der Waals surface area contributed by atoms with E-state index in [0.29, 0.717) is 6.29 Å². The van der Waals surface area contributed by atoms with Gasteiger partial charge in [-0.25, -0.2) is 0 Å². The van der Waals surface area contributed by atoms with Crippen molar-refractivity contribution in [3.05, 3.63) is 60.2 Å². The van der Waals surface area contributed by atoms with Crippen LogP contribution in [0, 0.1) is 10.1 Å². The quantitative estimate of drug-likeness (QED) is 0.361. The second-order valence-corrected chi connectivity index (χ2v) is 2.12. The van der Waals surface area contributed by atoms with Gasteiger partial charge < -0.3 is 5.11 Å². The van der Waals surface area contributed by atoms with E-state index in [1.54, 1.807) is 0 Å². The molecule has 0 bridgehead atoms. The summed E-state index contributed by atoms with van der Waals surface area (Å²) in [7, 11) is 0. The van der Waals surface area contributed by atoms with Gasteiger partial charge in [-0.3, -0.25) is 14.9 Å². The van der Waals surface area contributed by atoms with E-state index in [4.69, 9.17) is 5.11 Å². The lowest BCUT2D eigenvalue weighted by Crippen LogP contribution is -1.89. The van der Waals surface area contributed by atoms with Gasteiger partial charge in [-0.2, -0.15) is 0 Å². The van der Waals surface area contributed by atoms with E-state index in [1.165, 1.54) is 0 Å². The molecule has 0 saturated heterocycles. The van der Waals surface area contributed by atoms with Crippen molar-refractivity contribution in [1.29, 1.82) is 0 Å². The molecule has 86 valence electrons. The molecule has 0 spiro atoms. The maximum Gasteiger partial charge on any atom is 0.270 e. The number of nitro benzene ring substituents is 1. The van der Waals surface area contributed by atoms with Crippen LogP contribution in [0.4, 0.5) is 5.69 Å². The Labute approximate surface area is 93.5 Å². The van der Waals surface area contributed by atoms with E-state index in [-0.39, 0.29) is 17.0 Å². The highest BCUT2D eigenvalue weighted by Crippen LogP contribution is 2.20. The van der Waals surface area contributed by atoms with E-state index < -0.39 is 4.92 Å². The van der Waals surface area contributed by atoms with Gasteiger partial charge in [-0.1, -0.05) is 0 Å². The zero-order valence-corrected chi connectivity index (χ0v) is 8.76. The second kappa shape index (κ2) is 9.14. The molecule has 0 aromatic heterocycles. The third-order valence-corrected chi connectivity index (χ3v) is 1.35. The SMILES string of the molecule is C=C.C=C.O=Cc1cc([N+](=O)[O-])ccc1O. The summed E-state index contributed by atoms with van der Waals surface area (Å²) in [4.78, 5) is 19.8. The van der Waals surface area contributed by atoms with Crippen LogP contribution >= 0.6 is 0 Å². The maximum atomic E-state index is 10.2. The predicted octanol–water partition coefficient (Wildman–Crippen LogP) is 2.72. The van der Waals surface area contributed by atoms with Gasteiger partial charge in [0.05, 0.1) is 10.5 Å². The number of phenols is 1. The molecule has 0 atom stereocenters. The Hall–Kier alpha value is -2.43. The first kappa shape index (κ1) is 16.0. The molecule has 5 heteroatoms. The Kier molecular flexibility index (Phi) is 9.15. The van der Waals surface area contributed by atoms with Crippen molar-refractivity contribution in [2.24, 2.45) is 0 Å². The lowest BCUT2D eigenvalue weighted by Gasteiger charge is -1.95. The first-order valence-electron chi connectivity index (χ1n) is 4.07. The van der Waals surface area contributed by atoms with Crippen LogP contribution < -0.4 is 0 Å². The number of carbonyl (C=O) groups excluding carboxylic acids is 1. The van der Waals surface area contributed by atoms with E-state index >= 15 is 0 Å². The van der Waals surface area contributed by atoms with Crippen LogP contribution in [0.15, 0.2) is 44.5 Å². The average Bonchev–Trinajstić information content (AvgIpc) is 2.34. The molecule has 1 aromatic carbocycles. The molecule has 0 aliphatic carbocycles. The van der Waals surface area contributed by atoms with Gasteiger partial charge >= 0.3 is 0 Å². The van der Waals surface area contributed by atoms with E-state index in [2.05, 4.69) is 26.3 Å². The molecule has 0 unspecified atom stereocenters. The van der Waals surface area contributed by atoms with E-state index in [0.717, 1.165) is 18.2 Å². The fourth-order valence-corrected chi connectivity index (χ4v) is 0.750. The van der Waals surface area contributed by atoms with Crippen molar-refractivity contribution in [3.63, 3.8) is 0 Å². The molecule has 1 rings (SSSR count). The summed E-state index contributed by atoms with van der Waals surface area (Å²) in [5.74, 6) is -0.254. The van der Waals surface area contributed by atoms with Gasteiger partial charge in [-0.15, -0.1) is 26.3 Å². The standard InChI is InChI=1S/C7H5NO4.2C2H4/c9-4-5-3-6(8(11)12)1-2-7(5)10;2*1-2/h1-4,10H;2*1-2H2. The molecule has 0 fully saturated rings. The zero-order valence-electron chi connectivity index (χ0n) is 8.76. The third kappa shape index (κ3) is 4.71. The van der Waals surface area contributed by atoms with Crippen LogP contribution in [0.1, 0.15) is 10.4 Å². The van der Waals surface area contributed by atoms with Gasteiger partial charge in [-0.05, 0) is 6.07 Å². The lowest BCUT2D eigenvalue weighted by molar-refractivity contribution is -0.384. The summed E-state index contributed by atoms with van der Waals surface area (Å²) in [6.45, 7) is 12.0. The van der Waals surface area contributed by atoms with Crippen molar-refractivity contribution in [2.45, 2.75) is 0 Å². The molecule has 0 heterocycles. The summed E-state index contributed by atoms with van der Waals surface area (Å²) in [5.41, 5.74) is -0.292. The van der Waals surface area contributed by atoms with Gasteiger partial charge in [0.15, 0.2) is 6.29 Å².